The van der Waals surface area contributed by atoms with E-state index in [1.54, 1.807) is 0 Å². The van der Waals surface area contributed by atoms with Crippen molar-refractivity contribution >= 4 is 56.6 Å². The average molecular weight is 283 g/mol. The number of hydrogen-bond acceptors (Lipinski definition) is 5. The van der Waals surface area contributed by atoms with Crippen molar-refractivity contribution in [1.82, 2.24) is 4.90 Å². The van der Waals surface area contributed by atoms with Gasteiger partial charge in [0.05, 0.1) is 0 Å². The minimum Gasteiger partial charge on any atom is -0.465 e. The van der Waals surface area contributed by atoms with Crippen LogP contribution in [0.4, 0.5) is 4.79 Å². The summed E-state index contributed by atoms with van der Waals surface area (Å²) in [4.78, 5) is 11.2. The molecular formula is C3H7NO2S4Zn. The molecular weight excluding hydrogens is 276 g/mol. The molecule has 0 aliphatic heterocycles. The molecule has 0 atom stereocenters. The van der Waals surface area contributed by atoms with E-state index in [-0.39, 0.29) is 19.5 Å². The molecule has 1 amide bonds. The zero-order valence-corrected chi connectivity index (χ0v) is 12.0. The van der Waals surface area contributed by atoms with Crippen LogP contribution in [0.2, 0.25) is 0 Å². The van der Waals surface area contributed by atoms with Gasteiger partial charge >= 0.3 is 6.09 Å². The summed E-state index contributed by atoms with van der Waals surface area (Å²) in [5, 5.41) is 8.44. The SMILES string of the molecule is O=C(O)N(C(S)S)C(S)S.[Zn]. The fourth-order valence-electron chi connectivity index (χ4n) is 0.317. The van der Waals surface area contributed by atoms with E-state index in [9.17, 15) is 4.79 Å². The van der Waals surface area contributed by atoms with E-state index in [1.165, 1.54) is 0 Å². The minimum absolute atomic E-state index is 0. The Labute approximate surface area is 99.7 Å². The molecule has 0 spiro atoms. The van der Waals surface area contributed by atoms with Crippen LogP contribution in [0.15, 0.2) is 0 Å². The van der Waals surface area contributed by atoms with Crippen molar-refractivity contribution in [1.29, 1.82) is 0 Å². The molecule has 0 fully saturated rings. The molecule has 11 heavy (non-hydrogen) atoms. The fourth-order valence-corrected chi connectivity index (χ4v) is 1.67. The van der Waals surface area contributed by atoms with Crippen LogP contribution in [0.5, 0.6) is 0 Å². The van der Waals surface area contributed by atoms with Crippen LogP contribution in [0, 0.1) is 0 Å². The Morgan fingerprint density at radius 2 is 1.45 bits per heavy atom. The quantitative estimate of drug-likeness (QED) is 0.301. The molecule has 0 rings (SSSR count). The second-order valence-electron chi connectivity index (χ2n) is 1.38. The second-order valence-corrected chi connectivity index (χ2v) is 4.15. The molecule has 62 valence electrons. The molecule has 8 heteroatoms. The normalized spacial score (nSPS) is 9.64. The van der Waals surface area contributed by atoms with Crippen molar-refractivity contribution < 1.29 is 29.4 Å². The number of amides is 1. The summed E-state index contributed by atoms with van der Waals surface area (Å²) in [7, 11) is 0. The van der Waals surface area contributed by atoms with E-state index in [4.69, 9.17) is 5.11 Å². The van der Waals surface area contributed by atoms with Gasteiger partial charge in [-0.1, -0.05) is 0 Å². The Morgan fingerprint density at radius 1 is 1.18 bits per heavy atom. The van der Waals surface area contributed by atoms with E-state index in [1.807, 2.05) is 0 Å². The first-order valence-corrected chi connectivity index (χ1v) is 4.27. The fraction of sp³-hybridized carbons (Fsp3) is 0.667. The Balaban J connectivity index is 0. The summed E-state index contributed by atoms with van der Waals surface area (Å²) in [6.07, 6.45) is -1.15. The summed E-state index contributed by atoms with van der Waals surface area (Å²) in [6, 6.07) is 0. The smallest absolute Gasteiger partial charge is 0.410 e. The largest absolute Gasteiger partial charge is 0.465 e. The summed E-state index contributed by atoms with van der Waals surface area (Å²) in [5.41, 5.74) is 0. The van der Waals surface area contributed by atoms with Gasteiger partial charge in [0.25, 0.3) is 0 Å². The summed E-state index contributed by atoms with van der Waals surface area (Å²) >= 11 is 15.1. The van der Waals surface area contributed by atoms with Crippen molar-refractivity contribution in [3.05, 3.63) is 0 Å². The van der Waals surface area contributed by atoms with Crippen molar-refractivity contribution in [2.75, 3.05) is 0 Å². The summed E-state index contributed by atoms with van der Waals surface area (Å²) in [6.45, 7) is 0. The minimum atomic E-state index is -1.15. The Kier molecular flexibility index (Phi) is 9.11. The van der Waals surface area contributed by atoms with Gasteiger partial charge in [0.1, 0.15) is 9.41 Å². The molecule has 0 aromatic rings. The van der Waals surface area contributed by atoms with Gasteiger partial charge in [-0.05, 0) is 0 Å². The Hall–Kier alpha value is 1.29. The first-order chi connectivity index (χ1) is 4.46. The maximum atomic E-state index is 10.3. The van der Waals surface area contributed by atoms with Crippen molar-refractivity contribution in [2.24, 2.45) is 0 Å². The predicted molar refractivity (Wildman–Crippen MR) is 53.4 cm³/mol. The molecule has 0 saturated heterocycles. The maximum absolute atomic E-state index is 10.3. The molecule has 0 aromatic heterocycles. The third kappa shape index (κ3) is 5.52. The van der Waals surface area contributed by atoms with Crippen molar-refractivity contribution in [3.8, 4) is 0 Å². The number of rotatable bonds is 2. The second kappa shape index (κ2) is 6.77. The number of hydrogen-bond donors (Lipinski definition) is 5. The molecule has 0 radical (unpaired) electrons. The zero-order chi connectivity index (χ0) is 8.31. The predicted octanol–water partition coefficient (Wildman–Crippen LogP) is 1.25. The summed E-state index contributed by atoms with van der Waals surface area (Å²) in [5.74, 6) is 0. The topological polar surface area (TPSA) is 40.5 Å². The molecule has 0 bridgehead atoms. The van der Waals surface area contributed by atoms with E-state index >= 15 is 0 Å². The van der Waals surface area contributed by atoms with E-state index in [0.29, 0.717) is 0 Å². The molecule has 0 saturated carbocycles. The van der Waals surface area contributed by atoms with Crippen LogP contribution < -0.4 is 0 Å². The van der Waals surface area contributed by atoms with Gasteiger partial charge in [-0.2, -0.15) is 0 Å². The third-order valence-electron chi connectivity index (χ3n) is 0.718. The first-order valence-electron chi connectivity index (χ1n) is 2.20. The molecule has 0 aliphatic rings. The van der Waals surface area contributed by atoms with Gasteiger partial charge < -0.3 is 5.11 Å². The molecule has 0 aromatic carbocycles. The van der Waals surface area contributed by atoms with E-state index in [2.05, 4.69) is 50.5 Å². The van der Waals surface area contributed by atoms with Crippen LogP contribution in [0.1, 0.15) is 0 Å². The van der Waals surface area contributed by atoms with Gasteiger partial charge in [-0.3, -0.25) is 4.90 Å². The zero-order valence-electron chi connectivity index (χ0n) is 5.45. The standard InChI is InChI=1S/C3H7NO2S4.Zn/c5-1(6)4(2(7)8)3(9)10;/h2-3,7-10H,(H,5,6);. The van der Waals surface area contributed by atoms with Crippen LogP contribution in [0.3, 0.4) is 0 Å². The third-order valence-corrected chi connectivity index (χ3v) is 1.71. The van der Waals surface area contributed by atoms with Crippen molar-refractivity contribution in [3.63, 3.8) is 0 Å². The van der Waals surface area contributed by atoms with E-state index < -0.39 is 15.5 Å². The van der Waals surface area contributed by atoms with Gasteiger partial charge in [-0.15, -0.1) is 50.5 Å². The van der Waals surface area contributed by atoms with Gasteiger partial charge in [0.15, 0.2) is 0 Å². The summed E-state index contributed by atoms with van der Waals surface area (Å²) < 4.78 is -1.39. The molecule has 0 unspecified atom stereocenters. The molecule has 1 N–H and O–H groups in total. The van der Waals surface area contributed by atoms with Crippen molar-refractivity contribution in [2.45, 2.75) is 9.41 Å². The number of nitrogens with zero attached hydrogens (tertiary/aromatic N) is 1. The van der Waals surface area contributed by atoms with Crippen LogP contribution >= 0.6 is 50.5 Å². The van der Waals surface area contributed by atoms with Crippen LogP contribution in [-0.4, -0.2) is 25.5 Å². The molecule has 3 nitrogen and oxygen atoms in total. The number of thiol groups is 4. The monoisotopic (exact) mass is 281 g/mol. The van der Waals surface area contributed by atoms with Gasteiger partial charge in [-0.25, -0.2) is 4.79 Å². The van der Waals surface area contributed by atoms with Gasteiger partial charge in [0, 0.05) is 19.5 Å². The maximum Gasteiger partial charge on any atom is 0.410 e. The number of carboxylic acid groups (broad SMARTS) is 1. The van der Waals surface area contributed by atoms with Gasteiger partial charge in [0.2, 0.25) is 0 Å². The van der Waals surface area contributed by atoms with Crippen LogP contribution in [0.25, 0.3) is 0 Å². The molecule has 0 heterocycles. The van der Waals surface area contributed by atoms with Crippen LogP contribution in [-0.2, 0) is 19.5 Å². The number of carbonyl (C=O) groups is 1. The Bertz CT molecular complexity index is 125. The Morgan fingerprint density at radius 3 is 1.45 bits per heavy atom. The first kappa shape index (κ1) is 14.8. The average Bonchev–Trinajstić information content (AvgIpc) is 1.59. The molecule has 0 aliphatic carbocycles. The van der Waals surface area contributed by atoms with E-state index in [0.717, 1.165) is 4.90 Å².